The molecule has 2 N–H and O–H groups in total. The number of thiazole rings is 1. The predicted molar refractivity (Wildman–Crippen MR) is 129 cm³/mol. The first-order chi connectivity index (χ1) is 16.9. The van der Waals surface area contributed by atoms with Crippen molar-refractivity contribution < 1.29 is 13.6 Å². The molecule has 0 fully saturated rings. The van der Waals surface area contributed by atoms with Crippen LogP contribution in [0.4, 0.5) is 8.78 Å². The topological polar surface area (TPSA) is 92.7 Å². The van der Waals surface area contributed by atoms with E-state index in [4.69, 9.17) is 0 Å². The molecule has 0 bridgehead atoms. The van der Waals surface area contributed by atoms with Gasteiger partial charge in [-0.2, -0.15) is 0 Å². The maximum absolute atomic E-state index is 13.5. The van der Waals surface area contributed by atoms with Gasteiger partial charge in [0.15, 0.2) is 11.6 Å². The van der Waals surface area contributed by atoms with E-state index in [9.17, 15) is 18.4 Å². The average molecular weight is 492 g/mol. The van der Waals surface area contributed by atoms with E-state index >= 15 is 0 Å². The van der Waals surface area contributed by atoms with Gasteiger partial charge in [0.05, 0.1) is 23.7 Å². The number of H-pyrrole nitrogens is 1. The van der Waals surface area contributed by atoms with Crippen LogP contribution in [0.25, 0.3) is 21.5 Å². The van der Waals surface area contributed by atoms with Gasteiger partial charge in [-0.15, -0.1) is 11.3 Å². The molecule has 176 valence electrons. The van der Waals surface area contributed by atoms with Gasteiger partial charge >= 0.3 is 0 Å². The lowest BCUT2D eigenvalue weighted by Crippen LogP contribution is -2.32. The van der Waals surface area contributed by atoms with Crippen LogP contribution >= 0.6 is 11.3 Å². The lowest BCUT2D eigenvalue weighted by molar-refractivity contribution is 0.0948. The number of rotatable bonds is 6. The number of pyridine rings is 2. The van der Waals surface area contributed by atoms with E-state index in [1.807, 2.05) is 25.3 Å². The molecule has 0 aliphatic carbocycles. The van der Waals surface area contributed by atoms with Crippen molar-refractivity contribution in [1.82, 2.24) is 24.8 Å². The predicted octanol–water partition coefficient (Wildman–Crippen LogP) is 4.41. The fraction of sp³-hybridized carbons (Fsp3) is 0.120. The molecule has 0 spiro atoms. The zero-order valence-electron chi connectivity index (χ0n) is 18.5. The number of halogens is 2. The normalized spacial score (nSPS) is 11.2. The molecule has 4 heterocycles. The number of carbonyl (C=O) groups is 1. The number of benzene rings is 1. The molecular weight excluding hydrogens is 472 g/mol. The molecule has 4 aromatic heterocycles. The SMILES string of the molecule is Cc1nc(CNC(=O)c2cccn(Cc3ccc(F)c(F)c3)c2=O)sc1-c1c[nH]c2ncccc12. The van der Waals surface area contributed by atoms with Gasteiger partial charge in [-0.3, -0.25) is 9.59 Å². The minimum Gasteiger partial charge on any atom is -0.345 e. The molecule has 0 unspecified atom stereocenters. The average Bonchev–Trinajstić information content (AvgIpc) is 3.44. The number of amides is 1. The number of nitrogens with zero attached hydrogens (tertiary/aromatic N) is 3. The Morgan fingerprint density at radius 2 is 2.03 bits per heavy atom. The van der Waals surface area contributed by atoms with E-state index in [2.05, 4.69) is 20.3 Å². The summed E-state index contributed by atoms with van der Waals surface area (Å²) < 4.78 is 28.0. The van der Waals surface area contributed by atoms with Crippen LogP contribution in [0.15, 0.2) is 65.8 Å². The second-order valence-electron chi connectivity index (χ2n) is 7.91. The number of nitrogens with one attached hydrogen (secondary N) is 2. The summed E-state index contributed by atoms with van der Waals surface area (Å²) in [6.07, 6.45) is 5.10. The standard InChI is InChI=1S/C25H19F2N5O2S/c1-14-22(18-11-29-23-16(18)4-2-8-28-23)35-21(31-14)12-30-24(33)17-5-3-9-32(25(17)34)13-15-6-7-19(26)20(27)10-15/h2-11H,12-13H2,1H3,(H,28,29)(H,30,33). The summed E-state index contributed by atoms with van der Waals surface area (Å²) in [5.74, 6) is -2.50. The van der Waals surface area contributed by atoms with Crippen LogP contribution in [0.3, 0.4) is 0 Å². The van der Waals surface area contributed by atoms with Gasteiger partial charge in [-0.05, 0) is 48.9 Å². The number of carbonyl (C=O) groups excluding carboxylic acids is 1. The van der Waals surface area contributed by atoms with Crippen LogP contribution in [-0.4, -0.2) is 25.4 Å². The fourth-order valence-corrected chi connectivity index (χ4v) is 4.88. The first kappa shape index (κ1) is 22.6. The highest BCUT2D eigenvalue weighted by atomic mass is 32.1. The van der Waals surface area contributed by atoms with Gasteiger partial charge < -0.3 is 14.9 Å². The van der Waals surface area contributed by atoms with Gasteiger partial charge in [-0.1, -0.05) is 6.07 Å². The summed E-state index contributed by atoms with van der Waals surface area (Å²) >= 11 is 1.46. The van der Waals surface area contributed by atoms with Crippen LogP contribution in [0, 0.1) is 18.6 Å². The van der Waals surface area contributed by atoms with Gasteiger partial charge in [0.2, 0.25) is 0 Å². The third-order valence-corrected chi connectivity index (χ3v) is 6.73. The van der Waals surface area contributed by atoms with E-state index in [0.29, 0.717) is 10.6 Å². The molecule has 0 atom stereocenters. The Kier molecular flexibility index (Phi) is 5.96. The van der Waals surface area contributed by atoms with Crippen LogP contribution in [0.1, 0.15) is 26.6 Å². The maximum Gasteiger partial charge on any atom is 0.263 e. The monoisotopic (exact) mass is 491 g/mol. The molecule has 0 radical (unpaired) electrons. The number of aryl methyl sites for hydroxylation is 1. The third kappa shape index (κ3) is 4.47. The smallest absolute Gasteiger partial charge is 0.263 e. The highest BCUT2D eigenvalue weighted by Gasteiger charge is 2.17. The molecule has 5 rings (SSSR count). The molecule has 0 saturated heterocycles. The van der Waals surface area contributed by atoms with E-state index in [0.717, 1.165) is 39.3 Å². The highest BCUT2D eigenvalue weighted by Crippen LogP contribution is 2.34. The van der Waals surface area contributed by atoms with Crippen molar-refractivity contribution in [2.45, 2.75) is 20.0 Å². The molecule has 10 heteroatoms. The van der Waals surface area contributed by atoms with Crippen molar-refractivity contribution in [2.24, 2.45) is 0 Å². The highest BCUT2D eigenvalue weighted by molar-refractivity contribution is 7.15. The van der Waals surface area contributed by atoms with Crippen LogP contribution in [-0.2, 0) is 13.1 Å². The lowest BCUT2D eigenvalue weighted by atomic mass is 10.2. The van der Waals surface area contributed by atoms with E-state index in [1.54, 1.807) is 12.3 Å². The van der Waals surface area contributed by atoms with Crippen molar-refractivity contribution in [3.8, 4) is 10.4 Å². The molecule has 1 aromatic carbocycles. The van der Waals surface area contributed by atoms with Gasteiger partial charge in [0, 0.05) is 29.5 Å². The number of aromatic nitrogens is 4. The van der Waals surface area contributed by atoms with Gasteiger partial charge in [0.1, 0.15) is 16.2 Å². The number of hydrogen-bond acceptors (Lipinski definition) is 5. The van der Waals surface area contributed by atoms with Gasteiger partial charge in [-0.25, -0.2) is 18.7 Å². The molecule has 0 saturated carbocycles. The molecule has 7 nitrogen and oxygen atoms in total. The third-order valence-electron chi connectivity index (χ3n) is 5.54. The summed E-state index contributed by atoms with van der Waals surface area (Å²) in [5, 5.41) is 4.44. The minimum atomic E-state index is -0.994. The maximum atomic E-state index is 13.5. The number of aromatic amines is 1. The lowest BCUT2D eigenvalue weighted by Gasteiger charge is -2.09. The second kappa shape index (κ2) is 9.22. The van der Waals surface area contributed by atoms with Crippen LogP contribution < -0.4 is 10.9 Å². The molecule has 0 aliphatic heterocycles. The largest absolute Gasteiger partial charge is 0.345 e. The fourth-order valence-electron chi connectivity index (χ4n) is 3.84. The summed E-state index contributed by atoms with van der Waals surface area (Å²) in [5.41, 5.74) is 2.43. The van der Waals surface area contributed by atoms with Crippen molar-refractivity contribution in [3.05, 3.63) is 105 Å². The van der Waals surface area contributed by atoms with Crippen molar-refractivity contribution in [2.75, 3.05) is 0 Å². The quantitative estimate of drug-likeness (QED) is 0.368. The van der Waals surface area contributed by atoms with Crippen molar-refractivity contribution in [3.63, 3.8) is 0 Å². The zero-order valence-corrected chi connectivity index (χ0v) is 19.3. The Hall–Kier alpha value is -4.18. The summed E-state index contributed by atoms with van der Waals surface area (Å²) in [6.45, 7) is 2.06. The number of hydrogen-bond donors (Lipinski definition) is 2. The zero-order chi connectivity index (χ0) is 24.5. The Morgan fingerprint density at radius 3 is 2.86 bits per heavy atom. The first-order valence-electron chi connectivity index (χ1n) is 10.7. The van der Waals surface area contributed by atoms with Crippen LogP contribution in [0.2, 0.25) is 0 Å². The van der Waals surface area contributed by atoms with Crippen molar-refractivity contribution in [1.29, 1.82) is 0 Å². The number of fused-ring (bicyclic) bond motifs is 1. The Labute approximate surface area is 202 Å². The Morgan fingerprint density at radius 1 is 1.17 bits per heavy atom. The molecular formula is C25H19F2N5O2S. The Balaban J connectivity index is 1.32. The molecule has 0 aliphatic rings. The van der Waals surface area contributed by atoms with Gasteiger partial charge in [0.25, 0.3) is 11.5 Å². The van der Waals surface area contributed by atoms with E-state index < -0.39 is 23.1 Å². The molecule has 35 heavy (non-hydrogen) atoms. The Bertz CT molecular complexity index is 1620. The molecule has 5 aromatic rings. The molecule has 1 amide bonds. The van der Waals surface area contributed by atoms with Crippen molar-refractivity contribution >= 4 is 28.3 Å². The van der Waals surface area contributed by atoms with E-state index in [-0.39, 0.29) is 18.7 Å². The summed E-state index contributed by atoms with van der Waals surface area (Å²) in [4.78, 5) is 38.6. The van der Waals surface area contributed by atoms with E-state index in [1.165, 1.54) is 34.2 Å². The summed E-state index contributed by atoms with van der Waals surface area (Å²) in [7, 11) is 0. The summed E-state index contributed by atoms with van der Waals surface area (Å²) in [6, 6.07) is 10.3. The van der Waals surface area contributed by atoms with Crippen LogP contribution in [0.5, 0.6) is 0 Å². The minimum absolute atomic E-state index is 0.00562. The first-order valence-corrected chi connectivity index (χ1v) is 11.5. The second-order valence-corrected chi connectivity index (χ2v) is 8.99.